The Bertz CT molecular complexity index is 830. The second-order valence-corrected chi connectivity index (χ2v) is 6.43. The predicted octanol–water partition coefficient (Wildman–Crippen LogP) is 4.79. The van der Waals surface area contributed by atoms with E-state index < -0.39 is 0 Å². The van der Waals surface area contributed by atoms with Crippen LogP contribution in [0.1, 0.15) is 10.9 Å². The third kappa shape index (κ3) is 1.96. The molecule has 3 heteroatoms. The van der Waals surface area contributed by atoms with Crippen LogP contribution in [0.5, 0.6) is 5.75 Å². The van der Waals surface area contributed by atoms with E-state index in [0.29, 0.717) is 5.75 Å². The maximum atomic E-state index is 10.4. The minimum absolute atomic E-state index is 0.118. The summed E-state index contributed by atoms with van der Waals surface area (Å²) in [6.07, 6.45) is 0. The Hall–Kier alpha value is -2.13. The third-order valence-corrected chi connectivity index (χ3v) is 5.39. The van der Waals surface area contributed by atoms with Crippen molar-refractivity contribution in [3.05, 3.63) is 66.2 Å². The minimum atomic E-state index is 0.118. The van der Waals surface area contributed by atoms with Crippen LogP contribution in [0.2, 0.25) is 0 Å². The lowest BCUT2D eigenvalue weighted by molar-refractivity contribution is 0.468. The summed E-state index contributed by atoms with van der Waals surface area (Å²) in [6.45, 7) is 0. The van der Waals surface area contributed by atoms with Gasteiger partial charge in [0, 0.05) is 17.5 Å². The van der Waals surface area contributed by atoms with Gasteiger partial charge in [-0.3, -0.25) is 0 Å². The molecule has 3 aromatic rings. The maximum Gasteiger partial charge on any atom is 0.122 e. The van der Waals surface area contributed by atoms with Crippen LogP contribution in [0.25, 0.3) is 10.8 Å². The molecule has 1 aliphatic heterocycles. The highest BCUT2D eigenvalue weighted by Crippen LogP contribution is 2.52. The van der Waals surface area contributed by atoms with E-state index in [4.69, 9.17) is 0 Å². The van der Waals surface area contributed by atoms with Gasteiger partial charge in [0.1, 0.15) is 11.1 Å². The van der Waals surface area contributed by atoms with Crippen LogP contribution >= 0.6 is 11.8 Å². The molecule has 1 heterocycles. The third-order valence-electron chi connectivity index (χ3n) is 4.00. The number of aromatic hydroxyl groups is 1. The molecule has 1 aliphatic rings. The first kappa shape index (κ1) is 12.6. The minimum Gasteiger partial charge on any atom is -0.508 e. The zero-order valence-electron chi connectivity index (χ0n) is 11.7. The number of hydrogen-bond acceptors (Lipinski definition) is 3. The largest absolute Gasteiger partial charge is 0.508 e. The van der Waals surface area contributed by atoms with Gasteiger partial charge in [-0.05, 0) is 35.0 Å². The summed E-state index contributed by atoms with van der Waals surface area (Å²) in [4.78, 5) is 3.49. The standard InChI is InChI=1S/C18H15NOS/c1-19-15-8-4-5-9-17(15)21-18(19)14-10-12-6-2-3-7-13(12)11-16(14)20/h2-11,18,20H,1H3. The summed E-state index contributed by atoms with van der Waals surface area (Å²) in [5.74, 6) is 0.367. The molecule has 21 heavy (non-hydrogen) atoms. The topological polar surface area (TPSA) is 23.5 Å². The fourth-order valence-electron chi connectivity index (χ4n) is 2.89. The van der Waals surface area contributed by atoms with Gasteiger partial charge < -0.3 is 10.0 Å². The summed E-state index contributed by atoms with van der Waals surface area (Å²) >= 11 is 1.79. The van der Waals surface area contributed by atoms with Gasteiger partial charge in [-0.15, -0.1) is 0 Å². The molecule has 0 amide bonds. The highest BCUT2D eigenvalue weighted by atomic mass is 32.2. The van der Waals surface area contributed by atoms with Crippen molar-refractivity contribution in [3.63, 3.8) is 0 Å². The highest BCUT2D eigenvalue weighted by Gasteiger charge is 2.30. The van der Waals surface area contributed by atoms with Gasteiger partial charge >= 0.3 is 0 Å². The van der Waals surface area contributed by atoms with Crippen molar-refractivity contribution in [2.45, 2.75) is 10.3 Å². The fraction of sp³-hybridized carbons (Fsp3) is 0.111. The van der Waals surface area contributed by atoms with E-state index in [9.17, 15) is 5.11 Å². The zero-order chi connectivity index (χ0) is 14.4. The lowest BCUT2D eigenvalue weighted by Crippen LogP contribution is -2.17. The van der Waals surface area contributed by atoms with E-state index in [-0.39, 0.29) is 5.37 Å². The molecule has 2 nitrogen and oxygen atoms in total. The number of rotatable bonds is 1. The van der Waals surface area contributed by atoms with Gasteiger partial charge in [-0.2, -0.15) is 0 Å². The van der Waals surface area contributed by atoms with Crippen LogP contribution in [-0.2, 0) is 0 Å². The molecule has 1 atom stereocenters. The van der Waals surface area contributed by atoms with Crippen LogP contribution in [0, 0.1) is 0 Å². The second kappa shape index (κ2) is 4.71. The van der Waals surface area contributed by atoms with Crippen LogP contribution in [0.15, 0.2) is 65.6 Å². The number of hydrogen-bond donors (Lipinski definition) is 1. The highest BCUT2D eigenvalue weighted by molar-refractivity contribution is 8.00. The summed E-state index contributed by atoms with van der Waals surface area (Å²) in [5.41, 5.74) is 2.19. The number of phenols is 1. The number of anilines is 1. The van der Waals surface area contributed by atoms with Crippen LogP contribution < -0.4 is 4.90 Å². The second-order valence-electron chi connectivity index (χ2n) is 5.31. The number of nitrogens with zero attached hydrogens (tertiary/aromatic N) is 1. The van der Waals surface area contributed by atoms with Gasteiger partial charge in [0.2, 0.25) is 0 Å². The molecule has 4 rings (SSSR count). The molecular formula is C18H15NOS. The molecule has 0 saturated carbocycles. The van der Waals surface area contributed by atoms with E-state index >= 15 is 0 Å². The summed E-state index contributed by atoms with van der Waals surface area (Å²) in [6, 6.07) is 20.5. The molecule has 0 bridgehead atoms. The SMILES string of the molecule is CN1c2ccccc2SC1c1cc2ccccc2cc1O. The first-order chi connectivity index (χ1) is 10.2. The van der Waals surface area contributed by atoms with Crippen molar-refractivity contribution < 1.29 is 5.11 Å². The number of para-hydroxylation sites is 1. The number of benzene rings is 3. The average molecular weight is 293 g/mol. The molecule has 0 aliphatic carbocycles. The summed E-state index contributed by atoms with van der Waals surface area (Å²) in [5, 5.41) is 12.8. The van der Waals surface area contributed by atoms with E-state index in [0.717, 1.165) is 16.3 Å². The first-order valence-corrected chi connectivity index (χ1v) is 7.82. The molecule has 0 spiro atoms. The average Bonchev–Trinajstić information content (AvgIpc) is 2.84. The Morgan fingerprint density at radius 1 is 0.952 bits per heavy atom. The van der Waals surface area contributed by atoms with E-state index in [1.807, 2.05) is 24.3 Å². The molecule has 1 unspecified atom stereocenters. The van der Waals surface area contributed by atoms with Gasteiger partial charge in [0.25, 0.3) is 0 Å². The van der Waals surface area contributed by atoms with Crippen molar-refractivity contribution in [1.29, 1.82) is 0 Å². The normalized spacial score (nSPS) is 17.2. The molecule has 0 radical (unpaired) electrons. The lowest BCUT2D eigenvalue weighted by atomic mass is 10.1. The Kier molecular flexibility index (Phi) is 2.82. The van der Waals surface area contributed by atoms with Gasteiger partial charge in [-0.25, -0.2) is 0 Å². The Balaban J connectivity index is 1.83. The molecule has 3 aromatic carbocycles. The Morgan fingerprint density at radius 3 is 2.38 bits per heavy atom. The van der Waals surface area contributed by atoms with E-state index in [1.54, 1.807) is 11.8 Å². The zero-order valence-corrected chi connectivity index (χ0v) is 12.5. The molecule has 104 valence electrons. The first-order valence-electron chi connectivity index (χ1n) is 6.94. The smallest absolute Gasteiger partial charge is 0.122 e. The van der Waals surface area contributed by atoms with Crippen molar-refractivity contribution in [2.24, 2.45) is 0 Å². The summed E-state index contributed by atoms with van der Waals surface area (Å²) in [7, 11) is 2.08. The van der Waals surface area contributed by atoms with Crippen LogP contribution in [0.4, 0.5) is 5.69 Å². The van der Waals surface area contributed by atoms with Crippen molar-refractivity contribution in [1.82, 2.24) is 0 Å². The van der Waals surface area contributed by atoms with Crippen molar-refractivity contribution in [2.75, 3.05) is 11.9 Å². The number of thioether (sulfide) groups is 1. The van der Waals surface area contributed by atoms with Gasteiger partial charge in [-0.1, -0.05) is 48.2 Å². The Morgan fingerprint density at radius 2 is 1.62 bits per heavy atom. The Labute approximate surface area is 128 Å². The molecule has 0 aromatic heterocycles. The monoisotopic (exact) mass is 293 g/mol. The predicted molar refractivity (Wildman–Crippen MR) is 89.1 cm³/mol. The van der Waals surface area contributed by atoms with Gasteiger partial charge in [0.15, 0.2) is 0 Å². The summed E-state index contributed by atoms with van der Waals surface area (Å²) < 4.78 is 0. The van der Waals surface area contributed by atoms with Crippen molar-refractivity contribution in [3.8, 4) is 5.75 Å². The van der Waals surface area contributed by atoms with Crippen LogP contribution in [0.3, 0.4) is 0 Å². The van der Waals surface area contributed by atoms with Crippen molar-refractivity contribution >= 4 is 28.2 Å². The lowest BCUT2D eigenvalue weighted by Gasteiger charge is -2.23. The number of fused-ring (bicyclic) bond motifs is 2. The molecule has 1 N–H and O–H groups in total. The molecular weight excluding hydrogens is 278 g/mol. The van der Waals surface area contributed by atoms with Gasteiger partial charge in [0.05, 0.1) is 5.69 Å². The van der Waals surface area contributed by atoms with E-state index in [1.165, 1.54) is 10.6 Å². The quantitative estimate of drug-likeness (QED) is 0.698. The van der Waals surface area contributed by atoms with Crippen LogP contribution in [-0.4, -0.2) is 12.2 Å². The fourth-order valence-corrected chi connectivity index (χ4v) is 4.21. The number of phenolic OH excluding ortho intramolecular Hbond substituents is 1. The van der Waals surface area contributed by atoms with E-state index in [2.05, 4.69) is 48.3 Å². The molecule has 0 saturated heterocycles. The maximum absolute atomic E-state index is 10.4. The molecule has 0 fully saturated rings.